The molecule has 0 aliphatic rings. The predicted octanol–water partition coefficient (Wildman–Crippen LogP) is 2.47. The lowest BCUT2D eigenvalue weighted by Gasteiger charge is -2.09. The fourth-order valence-corrected chi connectivity index (χ4v) is 1.09. The molecule has 1 aromatic rings. The van der Waals surface area contributed by atoms with Crippen LogP contribution >= 0.6 is 0 Å². The molecule has 1 rings (SSSR count). The first-order chi connectivity index (χ1) is 6.88. The van der Waals surface area contributed by atoms with E-state index in [1.165, 1.54) is 0 Å². The van der Waals surface area contributed by atoms with E-state index in [-0.39, 0.29) is 0 Å². The van der Waals surface area contributed by atoms with E-state index in [2.05, 4.69) is 16.9 Å². The van der Waals surface area contributed by atoms with Crippen molar-refractivity contribution in [2.24, 2.45) is 0 Å². The molecule has 1 N–H and O–H groups in total. The summed E-state index contributed by atoms with van der Waals surface area (Å²) in [5.41, 5.74) is 0. The summed E-state index contributed by atoms with van der Waals surface area (Å²) >= 11 is 0. The van der Waals surface area contributed by atoms with Crippen molar-refractivity contribution in [3.05, 3.63) is 31.0 Å². The normalized spacial score (nSPS) is 9.50. The third-order valence-electron chi connectivity index (χ3n) is 1.71. The molecule has 0 radical (unpaired) electrons. The number of nitrogens with one attached hydrogen (secondary N) is 1. The van der Waals surface area contributed by atoms with Crippen LogP contribution in [0, 0.1) is 0 Å². The van der Waals surface area contributed by atoms with E-state index in [0.717, 1.165) is 24.5 Å². The van der Waals surface area contributed by atoms with Crippen LogP contribution in [0.25, 0.3) is 0 Å². The largest absolute Gasteiger partial charge is 0.490 e. The minimum absolute atomic E-state index is 0.655. The van der Waals surface area contributed by atoms with Crippen molar-refractivity contribution in [2.75, 3.05) is 18.5 Å². The van der Waals surface area contributed by atoms with Crippen LogP contribution in [-0.4, -0.2) is 18.1 Å². The third kappa shape index (κ3) is 3.09. The predicted molar refractivity (Wildman–Crippen MR) is 58.7 cm³/mol. The van der Waals surface area contributed by atoms with Crippen LogP contribution < -0.4 is 10.1 Å². The molecule has 3 heteroatoms. The second-order valence-corrected chi connectivity index (χ2v) is 2.79. The van der Waals surface area contributed by atoms with Gasteiger partial charge in [-0.1, -0.05) is 6.08 Å². The molecule has 0 spiro atoms. The van der Waals surface area contributed by atoms with E-state index >= 15 is 0 Å². The van der Waals surface area contributed by atoms with Crippen molar-refractivity contribution < 1.29 is 4.74 Å². The molecule has 3 nitrogen and oxygen atoms in total. The number of pyridine rings is 1. The molecule has 0 aliphatic heterocycles. The zero-order valence-electron chi connectivity index (χ0n) is 8.49. The quantitative estimate of drug-likeness (QED) is 0.555. The Labute approximate surface area is 84.8 Å². The standard InChI is InChI=1S/C11H16N2O/c1-3-5-8-12-11-10(14-4-2)7-6-9-13-11/h3,6-7,9H,1,4-5,8H2,2H3,(H,12,13). The average Bonchev–Trinajstić information content (AvgIpc) is 2.21. The van der Waals surface area contributed by atoms with Crippen molar-refractivity contribution in [3.63, 3.8) is 0 Å². The number of hydrogen-bond acceptors (Lipinski definition) is 3. The highest BCUT2D eigenvalue weighted by Gasteiger charge is 2.01. The third-order valence-corrected chi connectivity index (χ3v) is 1.71. The summed E-state index contributed by atoms with van der Waals surface area (Å²) in [6, 6.07) is 3.77. The maximum Gasteiger partial charge on any atom is 0.168 e. The Morgan fingerprint density at radius 2 is 2.50 bits per heavy atom. The van der Waals surface area contributed by atoms with Gasteiger partial charge in [-0.05, 0) is 25.5 Å². The van der Waals surface area contributed by atoms with E-state index < -0.39 is 0 Å². The van der Waals surface area contributed by atoms with Crippen molar-refractivity contribution in [1.82, 2.24) is 4.98 Å². The monoisotopic (exact) mass is 192 g/mol. The second kappa shape index (κ2) is 6.02. The molecular formula is C11H16N2O. The van der Waals surface area contributed by atoms with E-state index in [4.69, 9.17) is 4.74 Å². The fourth-order valence-electron chi connectivity index (χ4n) is 1.09. The Bertz CT molecular complexity index is 286. The molecule has 0 amide bonds. The summed E-state index contributed by atoms with van der Waals surface area (Å²) in [6.07, 6.45) is 4.54. The number of hydrogen-bond donors (Lipinski definition) is 1. The Kier molecular flexibility index (Phi) is 4.55. The number of nitrogens with zero attached hydrogens (tertiary/aromatic N) is 1. The topological polar surface area (TPSA) is 34.2 Å². The van der Waals surface area contributed by atoms with E-state index in [1.807, 2.05) is 25.1 Å². The zero-order chi connectivity index (χ0) is 10.2. The number of ether oxygens (including phenoxy) is 1. The van der Waals surface area contributed by atoms with Gasteiger partial charge in [-0.3, -0.25) is 0 Å². The molecule has 0 aliphatic carbocycles. The maximum absolute atomic E-state index is 5.42. The molecule has 0 bridgehead atoms. The molecule has 0 aromatic carbocycles. The maximum atomic E-state index is 5.42. The van der Waals surface area contributed by atoms with Gasteiger partial charge in [0.2, 0.25) is 0 Å². The van der Waals surface area contributed by atoms with Crippen LogP contribution in [0.4, 0.5) is 5.82 Å². The summed E-state index contributed by atoms with van der Waals surface area (Å²) in [4.78, 5) is 4.20. The second-order valence-electron chi connectivity index (χ2n) is 2.79. The SMILES string of the molecule is C=CCCNc1ncccc1OCC. The smallest absolute Gasteiger partial charge is 0.168 e. The lowest BCUT2D eigenvalue weighted by atomic mass is 10.4. The highest BCUT2D eigenvalue weighted by Crippen LogP contribution is 2.20. The molecular weight excluding hydrogens is 176 g/mol. The molecule has 0 saturated heterocycles. The van der Waals surface area contributed by atoms with Gasteiger partial charge in [-0.25, -0.2) is 4.98 Å². The summed E-state index contributed by atoms with van der Waals surface area (Å²) < 4.78 is 5.42. The summed E-state index contributed by atoms with van der Waals surface area (Å²) in [6.45, 7) is 7.11. The highest BCUT2D eigenvalue weighted by atomic mass is 16.5. The van der Waals surface area contributed by atoms with E-state index in [1.54, 1.807) is 6.20 Å². The highest BCUT2D eigenvalue weighted by molar-refractivity contribution is 5.49. The fraction of sp³-hybridized carbons (Fsp3) is 0.364. The van der Waals surface area contributed by atoms with Crippen LogP contribution in [0.2, 0.25) is 0 Å². The van der Waals surface area contributed by atoms with Gasteiger partial charge in [0.15, 0.2) is 11.6 Å². The van der Waals surface area contributed by atoms with Gasteiger partial charge in [-0.2, -0.15) is 0 Å². The van der Waals surface area contributed by atoms with E-state index in [9.17, 15) is 0 Å². The Morgan fingerprint density at radius 3 is 3.21 bits per heavy atom. The van der Waals surface area contributed by atoms with Crippen molar-refractivity contribution in [1.29, 1.82) is 0 Å². The molecule has 0 fully saturated rings. The van der Waals surface area contributed by atoms with Gasteiger partial charge in [0, 0.05) is 12.7 Å². The molecule has 14 heavy (non-hydrogen) atoms. The van der Waals surface area contributed by atoms with Gasteiger partial charge in [0.1, 0.15) is 0 Å². The number of aromatic nitrogens is 1. The van der Waals surface area contributed by atoms with Crippen LogP contribution in [0.3, 0.4) is 0 Å². The molecule has 1 aromatic heterocycles. The Hall–Kier alpha value is -1.51. The summed E-state index contributed by atoms with van der Waals surface area (Å²) in [5, 5.41) is 3.19. The zero-order valence-corrected chi connectivity index (χ0v) is 8.49. The van der Waals surface area contributed by atoms with Gasteiger partial charge in [0.05, 0.1) is 6.61 Å². The first kappa shape index (κ1) is 10.6. The van der Waals surface area contributed by atoms with Gasteiger partial charge in [-0.15, -0.1) is 6.58 Å². The van der Waals surface area contributed by atoms with E-state index in [0.29, 0.717) is 6.61 Å². The Balaban J connectivity index is 2.59. The molecule has 1 heterocycles. The van der Waals surface area contributed by atoms with Crippen LogP contribution in [0.1, 0.15) is 13.3 Å². The first-order valence-corrected chi connectivity index (χ1v) is 4.81. The molecule has 0 saturated carbocycles. The summed E-state index contributed by atoms with van der Waals surface area (Å²) in [7, 11) is 0. The number of anilines is 1. The molecule has 76 valence electrons. The van der Waals surface area contributed by atoms with Crippen LogP contribution in [0.15, 0.2) is 31.0 Å². The van der Waals surface area contributed by atoms with Gasteiger partial charge in [0.25, 0.3) is 0 Å². The summed E-state index contributed by atoms with van der Waals surface area (Å²) in [5.74, 6) is 1.61. The lowest BCUT2D eigenvalue weighted by molar-refractivity contribution is 0.340. The lowest BCUT2D eigenvalue weighted by Crippen LogP contribution is -2.05. The number of rotatable bonds is 6. The van der Waals surface area contributed by atoms with Gasteiger partial charge >= 0.3 is 0 Å². The minimum atomic E-state index is 0.655. The van der Waals surface area contributed by atoms with Crippen LogP contribution in [-0.2, 0) is 0 Å². The van der Waals surface area contributed by atoms with Crippen molar-refractivity contribution in [3.8, 4) is 5.75 Å². The van der Waals surface area contributed by atoms with Crippen molar-refractivity contribution >= 4 is 5.82 Å². The van der Waals surface area contributed by atoms with Gasteiger partial charge < -0.3 is 10.1 Å². The average molecular weight is 192 g/mol. The molecule has 0 atom stereocenters. The Morgan fingerprint density at radius 1 is 1.64 bits per heavy atom. The van der Waals surface area contributed by atoms with Crippen molar-refractivity contribution in [2.45, 2.75) is 13.3 Å². The minimum Gasteiger partial charge on any atom is -0.490 e. The van der Waals surface area contributed by atoms with Crippen LogP contribution in [0.5, 0.6) is 5.75 Å². The first-order valence-electron chi connectivity index (χ1n) is 4.81. The molecule has 0 unspecified atom stereocenters.